The first-order valence-corrected chi connectivity index (χ1v) is 9.90. The van der Waals surface area contributed by atoms with Gasteiger partial charge in [-0.15, -0.1) is 0 Å². The van der Waals surface area contributed by atoms with Gasteiger partial charge in [-0.05, 0) is 56.0 Å². The maximum Gasteiger partial charge on any atom is 0.171 e. The topological polar surface area (TPSA) is 40.2 Å². The van der Waals surface area contributed by atoms with Crippen molar-refractivity contribution in [2.75, 3.05) is 23.3 Å². The molecule has 0 radical (unpaired) electrons. The summed E-state index contributed by atoms with van der Waals surface area (Å²) >= 11 is 5.47. The Labute approximate surface area is 151 Å². The van der Waals surface area contributed by atoms with Crippen molar-refractivity contribution in [2.45, 2.75) is 64.3 Å². The first-order chi connectivity index (χ1) is 11.7. The lowest BCUT2D eigenvalue weighted by Crippen LogP contribution is -2.37. The second-order valence-corrected chi connectivity index (χ2v) is 7.79. The molecule has 1 aromatic rings. The van der Waals surface area contributed by atoms with Crippen molar-refractivity contribution in [1.29, 1.82) is 0 Å². The fourth-order valence-electron chi connectivity index (χ4n) is 3.82. The predicted molar refractivity (Wildman–Crippen MR) is 106 cm³/mol. The van der Waals surface area contributed by atoms with Crippen LogP contribution in [-0.2, 0) is 0 Å². The lowest BCUT2D eigenvalue weighted by atomic mass is 10.0. The average Bonchev–Trinajstić information content (AvgIpc) is 2.84. The van der Waals surface area contributed by atoms with E-state index in [0.717, 1.165) is 35.6 Å². The van der Waals surface area contributed by atoms with E-state index in [9.17, 15) is 0 Å². The summed E-state index contributed by atoms with van der Waals surface area (Å²) in [5.41, 5.74) is 0.968. The van der Waals surface area contributed by atoms with Gasteiger partial charge in [0.05, 0.1) is 11.9 Å². The molecule has 1 aromatic heterocycles. The fourth-order valence-corrected chi connectivity index (χ4v) is 4.11. The van der Waals surface area contributed by atoms with Crippen molar-refractivity contribution in [1.82, 2.24) is 10.3 Å². The minimum absolute atomic E-state index is 0.523. The van der Waals surface area contributed by atoms with E-state index in [2.05, 4.69) is 39.6 Å². The van der Waals surface area contributed by atoms with E-state index in [1.807, 2.05) is 6.20 Å². The van der Waals surface area contributed by atoms with Crippen LogP contribution in [0.25, 0.3) is 0 Å². The summed E-state index contributed by atoms with van der Waals surface area (Å²) in [6.45, 7) is 4.55. The zero-order valence-corrected chi connectivity index (χ0v) is 15.6. The normalized spacial score (nSPS) is 22.7. The van der Waals surface area contributed by atoms with Crippen LogP contribution < -0.4 is 15.5 Å². The summed E-state index contributed by atoms with van der Waals surface area (Å²) in [5.74, 6) is 1.84. The molecule has 0 unspecified atom stereocenters. The molecule has 0 bridgehead atoms. The van der Waals surface area contributed by atoms with Gasteiger partial charge in [-0.1, -0.05) is 32.6 Å². The molecule has 0 aromatic carbocycles. The van der Waals surface area contributed by atoms with E-state index < -0.39 is 0 Å². The Morgan fingerprint density at radius 2 is 1.92 bits per heavy atom. The maximum absolute atomic E-state index is 5.47. The van der Waals surface area contributed by atoms with Crippen LogP contribution in [0.5, 0.6) is 0 Å². The van der Waals surface area contributed by atoms with Crippen LogP contribution >= 0.6 is 12.2 Å². The van der Waals surface area contributed by atoms with E-state index >= 15 is 0 Å². The highest BCUT2D eigenvalue weighted by Crippen LogP contribution is 2.22. The quantitative estimate of drug-likeness (QED) is 0.630. The molecule has 2 fully saturated rings. The van der Waals surface area contributed by atoms with Crippen LogP contribution in [0.1, 0.15) is 58.3 Å². The highest BCUT2D eigenvalue weighted by molar-refractivity contribution is 7.80. The first-order valence-electron chi connectivity index (χ1n) is 9.49. The van der Waals surface area contributed by atoms with Gasteiger partial charge in [0.15, 0.2) is 5.11 Å². The molecule has 2 aliphatic rings. The second kappa shape index (κ2) is 8.65. The van der Waals surface area contributed by atoms with Crippen molar-refractivity contribution in [3.63, 3.8) is 0 Å². The smallest absolute Gasteiger partial charge is 0.171 e. The Hall–Kier alpha value is -1.36. The van der Waals surface area contributed by atoms with Crippen LogP contribution in [0.15, 0.2) is 18.3 Å². The standard InChI is InChI=1S/C19H30N4S/c1-15-7-6-12-23(14-15)18-11-10-17(13-20-18)22-19(24)21-16-8-4-2-3-5-9-16/h10-11,13,15-16H,2-9,12,14H2,1H3,(H2,21,22,24)/t15-/m0/s1. The van der Waals surface area contributed by atoms with Gasteiger partial charge in [0.1, 0.15) is 5.82 Å². The Kier molecular flexibility index (Phi) is 6.30. The molecule has 132 valence electrons. The van der Waals surface area contributed by atoms with Crippen LogP contribution in [-0.4, -0.2) is 29.2 Å². The van der Waals surface area contributed by atoms with Crippen molar-refractivity contribution < 1.29 is 0 Å². The molecule has 1 saturated heterocycles. The van der Waals surface area contributed by atoms with Gasteiger partial charge in [0.25, 0.3) is 0 Å². The molecule has 24 heavy (non-hydrogen) atoms. The number of pyridine rings is 1. The lowest BCUT2D eigenvalue weighted by Gasteiger charge is -2.31. The number of thiocarbonyl (C=S) groups is 1. The monoisotopic (exact) mass is 346 g/mol. The number of hydrogen-bond acceptors (Lipinski definition) is 3. The minimum atomic E-state index is 0.523. The van der Waals surface area contributed by atoms with Gasteiger partial charge >= 0.3 is 0 Å². The summed E-state index contributed by atoms with van der Waals surface area (Å²) in [6, 6.07) is 4.71. The molecule has 4 nitrogen and oxygen atoms in total. The molecule has 2 N–H and O–H groups in total. The lowest BCUT2D eigenvalue weighted by molar-refractivity contribution is 0.444. The number of aromatic nitrogens is 1. The molecule has 0 spiro atoms. The Morgan fingerprint density at radius 3 is 2.58 bits per heavy atom. The molecule has 5 heteroatoms. The fraction of sp³-hybridized carbons (Fsp3) is 0.684. The number of rotatable bonds is 3. The van der Waals surface area contributed by atoms with Crippen LogP contribution in [0.2, 0.25) is 0 Å². The molecule has 1 aliphatic carbocycles. The SMILES string of the molecule is C[C@H]1CCCN(c2ccc(NC(=S)NC3CCCCCC3)cn2)C1. The summed E-state index contributed by atoms with van der Waals surface area (Å²) in [6.07, 6.45) is 12.3. The minimum Gasteiger partial charge on any atom is -0.360 e. The zero-order chi connectivity index (χ0) is 16.8. The van der Waals surface area contributed by atoms with Gasteiger partial charge in [0.2, 0.25) is 0 Å². The van der Waals surface area contributed by atoms with Crippen molar-refractivity contribution >= 4 is 28.8 Å². The van der Waals surface area contributed by atoms with E-state index in [0.29, 0.717) is 6.04 Å². The largest absolute Gasteiger partial charge is 0.360 e. The van der Waals surface area contributed by atoms with Crippen LogP contribution in [0.4, 0.5) is 11.5 Å². The third-order valence-electron chi connectivity index (χ3n) is 5.18. The summed E-state index contributed by atoms with van der Waals surface area (Å²) < 4.78 is 0. The van der Waals surface area contributed by atoms with Gasteiger partial charge in [0, 0.05) is 19.1 Å². The van der Waals surface area contributed by atoms with Gasteiger partial charge in [-0.2, -0.15) is 0 Å². The van der Waals surface area contributed by atoms with Crippen LogP contribution in [0, 0.1) is 5.92 Å². The molecule has 0 amide bonds. The predicted octanol–water partition coefficient (Wildman–Crippen LogP) is 4.33. The number of piperidine rings is 1. The van der Waals surface area contributed by atoms with E-state index in [-0.39, 0.29) is 0 Å². The summed E-state index contributed by atoms with van der Waals surface area (Å²) in [5, 5.41) is 7.49. The molecular weight excluding hydrogens is 316 g/mol. The molecule has 1 aliphatic heterocycles. The third kappa shape index (κ3) is 5.07. The Balaban J connectivity index is 1.50. The highest BCUT2D eigenvalue weighted by Gasteiger charge is 2.17. The zero-order valence-electron chi connectivity index (χ0n) is 14.8. The van der Waals surface area contributed by atoms with E-state index in [1.54, 1.807) is 0 Å². The summed E-state index contributed by atoms with van der Waals surface area (Å²) in [7, 11) is 0. The molecule has 1 saturated carbocycles. The van der Waals surface area contributed by atoms with Crippen molar-refractivity contribution in [2.24, 2.45) is 5.92 Å². The van der Waals surface area contributed by atoms with Crippen molar-refractivity contribution in [3.05, 3.63) is 18.3 Å². The third-order valence-corrected chi connectivity index (χ3v) is 5.40. The summed E-state index contributed by atoms with van der Waals surface area (Å²) in [4.78, 5) is 7.02. The molecule has 3 rings (SSSR count). The van der Waals surface area contributed by atoms with Crippen molar-refractivity contribution in [3.8, 4) is 0 Å². The maximum atomic E-state index is 5.47. The average molecular weight is 347 g/mol. The Bertz CT molecular complexity index is 523. The first kappa shape index (κ1) is 17.5. The Morgan fingerprint density at radius 1 is 1.12 bits per heavy atom. The number of nitrogens with zero attached hydrogens (tertiary/aromatic N) is 2. The second-order valence-electron chi connectivity index (χ2n) is 7.39. The van der Waals surface area contributed by atoms with Crippen LogP contribution in [0.3, 0.4) is 0 Å². The van der Waals surface area contributed by atoms with E-state index in [1.165, 1.54) is 51.4 Å². The molecule has 1 atom stereocenters. The number of nitrogens with one attached hydrogen (secondary N) is 2. The molecule has 2 heterocycles. The number of hydrogen-bond donors (Lipinski definition) is 2. The highest BCUT2D eigenvalue weighted by atomic mass is 32.1. The van der Waals surface area contributed by atoms with Gasteiger partial charge < -0.3 is 15.5 Å². The van der Waals surface area contributed by atoms with Gasteiger partial charge in [-0.25, -0.2) is 4.98 Å². The van der Waals surface area contributed by atoms with Gasteiger partial charge in [-0.3, -0.25) is 0 Å². The number of anilines is 2. The van der Waals surface area contributed by atoms with E-state index in [4.69, 9.17) is 12.2 Å². The molecular formula is C19H30N4S.